The number of carbonyl (C=O) groups is 1. The fourth-order valence-corrected chi connectivity index (χ4v) is 2.69. The second-order valence-corrected chi connectivity index (χ2v) is 5.76. The number of methoxy groups -OCH3 is 1. The molecule has 1 heterocycles. The second kappa shape index (κ2) is 8.30. The van der Waals surface area contributed by atoms with Crippen molar-refractivity contribution in [1.29, 1.82) is 0 Å². The van der Waals surface area contributed by atoms with E-state index in [9.17, 15) is 18.0 Å². The van der Waals surface area contributed by atoms with E-state index in [2.05, 4.69) is 15.4 Å². The number of benzene rings is 1. The molecule has 0 aliphatic carbocycles. The minimum atomic E-state index is -4.50. The van der Waals surface area contributed by atoms with Crippen LogP contribution in [0.4, 0.5) is 18.9 Å². The standard InChI is InChI=1S/C16H21F3N4O2/c1-22-5-7-23(8-6-22)15-4-3-12(9-13(15)16(17,18)19)14(10-25-2)21-20-11-24/h3-4,9,11H,5-8,10H2,1-2H3,(H,20,24)/b21-14+. The number of hydrogen-bond acceptors (Lipinski definition) is 5. The molecule has 1 saturated heterocycles. The van der Waals surface area contributed by atoms with Crippen LogP contribution in [0.2, 0.25) is 0 Å². The van der Waals surface area contributed by atoms with Gasteiger partial charge in [0, 0.05) is 44.5 Å². The van der Waals surface area contributed by atoms with Crippen molar-refractivity contribution in [3.8, 4) is 0 Å². The number of halogens is 3. The SMILES string of the molecule is COC/C(=N\NC=O)c1ccc(N2CCN(C)CC2)c(C(F)(F)F)c1. The summed E-state index contributed by atoms with van der Waals surface area (Å²) in [5.74, 6) is 0. The normalized spacial score (nSPS) is 16.8. The van der Waals surface area contributed by atoms with Crippen molar-refractivity contribution in [2.45, 2.75) is 6.18 Å². The smallest absolute Gasteiger partial charge is 0.378 e. The molecule has 0 unspecified atom stereocenters. The summed E-state index contributed by atoms with van der Waals surface area (Å²) in [6.07, 6.45) is -4.15. The van der Waals surface area contributed by atoms with E-state index in [-0.39, 0.29) is 23.6 Å². The number of piperazine rings is 1. The van der Waals surface area contributed by atoms with Crippen LogP contribution in [0.3, 0.4) is 0 Å². The molecule has 0 radical (unpaired) electrons. The Morgan fingerprint density at radius 1 is 1.32 bits per heavy atom. The monoisotopic (exact) mass is 358 g/mol. The molecule has 1 N–H and O–H groups in total. The summed E-state index contributed by atoms with van der Waals surface area (Å²) in [5, 5.41) is 3.76. The minimum Gasteiger partial charge on any atom is -0.378 e. The zero-order valence-electron chi connectivity index (χ0n) is 14.1. The summed E-state index contributed by atoms with van der Waals surface area (Å²) in [4.78, 5) is 14.2. The van der Waals surface area contributed by atoms with Gasteiger partial charge in [-0.1, -0.05) is 6.07 Å². The number of nitrogens with zero attached hydrogens (tertiary/aromatic N) is 3. The molecule has 1 aromatic rings. The van der Waals surface area contributed by atoms with Crippen LogP contribution in [0.1, 0.15) is 11.1 Å². The Hall–Kier alpha value is -2.13. The molecule has 138 valence electrons. The van der Waals surface area contributed by atoms with E-state index < -0.39 is 11.7 Å². The first kappa shape index (κ1) is 19.2. The van der Waals surface area contributed by atoms with Crippen LogP contribution in [-0.2, 0) is 15.7 Å². The fraction of sp³-hybridized carbons (Fsp3) is 0.500. The highest BCUT2D eigenvalue weighted by atomic mass is 19.4. The first-order valence-corrected chi connectivity index (χ1v) is 7.76. The Balaban J connectivity index is 2.41. The van der Waals surface area contributed by atoms with Gasteiger partial charge in [-0.2, -0.15) is 18.3 Å². The first-order chi connectivity index (χ1) is 11.9. The number of ether oxygens (including phenoxy) is 1. The molecule has 0 saturated carbocycles. The van der Waals surface area contributed by atoms with Gasteiger partial charge >= 0.3 is 6.18 Å². The van der Waals surface area contributed by atoms with Crippen LogP contribution in [0.15, 0.2) is 23.3 Å². The van der Waals surface area contributed by atoms with Crippen molar-refractivity contribution in [3.63, 3.8) is 0 Å². The van der Waals surface area contributed by atoms with Gasteiger partial charge in [-0.3, -0.25) is 4.79 Å². The minimum absolute atomic E-state index is 0.0218. The maximum atomic E-state index is 13.6. The Kier molecular flexibility index (Phi) is 6.38. The van der Waals surface area contributed by atoms with Crippen molar-refractivity contribution in [3.05, 3.63) is 29.3 Å². The molecule has 0 aromatic heterocycles. The highest BCUT2D eigenvalue weighted by Crippen LogP contribution is 2.37. The fourth-order valence-electron chi connectivity index (χ4n) is 2.69. The topological polar surface area (TPSA) is 57.2 Å². The van der Waals surface area contributed by atoms with Crippen LogP contribution in [0, 0.1) is 0 Å². The maximum absolute atomic E-state index is 13.6. The maximum Gasteiger partial charge on any atom is 0.418 e. The number of rotatable bonds is 6. The number of anilines is 1. The van der Waals surface area contributed by atoms with Gasteiger partial charge in [0.25, 0.3) is 0 Å². The molecule has 0 atom stereocenters. The van der Waals surface area contributed by atoms with E-state index in [1.54, 1.807) is 11.0 Å². The highest BCUT2D eigenvalue weighted by Gasteiger charge is 2.36. The van der Waals surface area contributed by atoms with E-state index in [0.29, 0.717) is 32.6 Å². The Morgan fingerprint density at radius 3 is 2.56 bits per heavy atom. The number of hydrogen-bond donors (Lipinski definition) is 1. The van der Waals surface area contributed by atoms with Crippen molar-refractivity contribution in [2.75, 3.05) is 51.8 Å². The van der Waals surface area contributed by atoms with E-state index in [1.807, 2.05) is 7.05 Å². The summed E-state index contributed by atoms with van der Waals surface area (Å²) in [5.41, 5.74) is 2.01. The molecule has 2 rings (SSSR count). The van der Waals surface area contributed by atoms with Gasteiger partial charge in [0.2, 0.25) is 6.41 Å². The lowest BCUT2D eigenvalue weighted by Crippen LogP contribution is -2.45. The Bertz CT molecular complexity index is 626. The highest BCUT2D eigenvalue weighted by molar-refractivity contribution is 6.02. The van der Waals surface area contributed by atoms with E-state index in [0.717, 1.165) is 6.07 Å². The molecule has 0 spiro atoms. The number of nitrogens with one attached hydrogen (secondary N) is 1. The summed E-state index contributed by atoms with van der Waals surface area (Å²) in [6.45, 7) is 2.46. The second-order valence-electron chi connectivity index (χ2n) is 5.76. The van der Waals surface area contributed by atoms with Crippen molar-refractivity contribution in [2.24, 2.45) is 5.10 Å². The molecule has 1 aliphatic rings. The lowest BCUT2D eigenvalue weighted by molar-refractivity contribution is -0.137. The number of alkyl halides is 3. The van der Waals surface area contributed by atoms with Crippen LogP contribution in [-0.4, -0.2) is 64.0 Å². The number of amides is 1. The molecule has 0 bridgehead atoms. The van der Waals surface area contributed by atoms with Gasteiger partial charge < -0.3 is 14.5 Å². The third-order valence-corrected chi connectivity index (χ3v) is 4.01. The molecular formula is C16H21F3N4O2. The summed E-state index contributed by atoms with van der Waals surface area (Å²) in [6, 6.07) is 4.07. The van der Waals surface area contributed by atoms with Gasteiger partial charge in [-0.25, -0.2) is 5.43 Å². The van der Waals surface area contributed by atoms with Gasteiger partial charge in [-0.15, -0.1) is 0 Å². The number of hydrazone groups is 1. The van der Waals surface area contributed by atoms with Crippen LogP contribution in [0.25, 0.3) is 0 Å². The molecule has 1 amide bonds. The van der Waals surface area contributed by atoms with Crippen molar-refractivity contribution < 1.29 is 22.7 Å². The molecule has 1 fully saturated rings. The quantitative estimate of drug-likeness (QED) is 0.476. The predicted molar refractivity (Wildman–Crippen MR) is 88.8 cm³/mol. The largest absolute Gasteiger partial charge is 0.418 e. The average Bonchev–Trinajstić information content (AvgIpc) is 2.58. The summed E-state index contributed by atoms with van der Waals surface area (Å²) >= 11 is 0. The van der Waals surface area contributed by atoms with Crippen LogP contribution in [0.5, 0.6) is 0 Å². The van der Waals surface area contributed by atoms with Crippen LogP contribution < -0.4 is 10.3 Å². The third-order valence-electron chi connectivity index (χ3n) is 4.01. The summed E-state index contributed by atoms with van der Waals surface area (Å²) < 4.78 is 45.7. The average molecular weight is 358 g/mol. The number of likely N-dealkylation sites (N-methyl/N-ethyl adjacent to an activating group) is 1. The molecule has 9 heteroatoms. The third kappa shape index (κ3) is 4.93. The molecule has 6 nitrogen and oxygen atoms in total. The molecular weight excluding hydrogens is 337 g/mol. The zero-order chi connectivity index (χ0) is 18.4. The van der Waals surface area contributed by atoms with E-state index >= 15 is 0 Å². The lowest BCUT2D eigenvalue weighted by Gasteiger charge is -2.35. The van der Waals surface area contributed by atoms with Crippen molar-refractivity contribution >= 4 is 17.8 Å². The van der Waals surface area contributed by atoms with Crippen molar-refractivity contribution in [1.82, 2.24) is 10.3 Å². The van der Waals surface area contributed by atoms with E-state index in [4.69, 9.17) is 4.74 Å². The molecule has 1 aromatic carbocycles. The predicted octanol–water partition coefficient (Wildman–Crippen LogP) is 1.55. The first-order valence-electron chi connectivity index (χ1n) is 7.76. The summed E-state index contributed by atoms with van der Waals surface area (Å²) in [7, 11) is 3.35. The Morgan fingerprint density at radius 2 is 2.00 bits per heavy atom. The molecule has 25 heavy (non-hydrogen) atoms. The van der Waals surface area contributed by atoms with Gasteiger partial charge in [-0.05, 0) is 19.2 Å². The van der Waals surface area contributed by atoms with Gasteiger partial charge in [0.15, 0.2) is 0 Å². The van der Waals surface area contributed by atoms with Gasteiger partial charge in [0.05, 0.1) is 17.9 Å². The number of carbonyl (C=O) groups excluding carboxylic acids is 1. The van der Waals surface area contributed by atoms with E-state index in [1.165, 1.54) is 13.2 Å². The van der Waals surface area contributed by atoms with Crippen LogP contribution >= 0.6 is 0 Å². The zero-order valence-corrected chi connectivity index (χ0v) is 14.1. The lowest BCUT2D eigenvalue weighted by atomic mass is 10.0. The molecule has 1 aliphatic heterocycles. The Labute approximate surface area is 144 Å². The van der Waals surface area contributed by atoms with Gasteiger partial charge in [0.1, 0.15) is 0 Å².